The Hall–Kier alpha value is -2.67. The number of benzene rings is 1. The van der Waals surface area contributed by atoms with Crippen molar-refractivity contribution < 1.29 is 14.1 Å². The molecule has 0 spiro atoms. The van der Waals surface area contributed by atoms with Crippen molar-refractivity contribution in [3.05, 3.63) is 42.2 Å². The van der Waals surface area contributed by atoms with Crippen LogP contribution < -0.4 is 5.73 Å². The lowest BCUT2D eigenvalue weighted by molar-refractivity contribution is -0.134. The minimum absolute atomic E-state index is 0.0703. The third-order valence-electron chi connectivity index (χ3n) is 4.74. The second-order valence-electron chi connectivity index (χ2n) is 6.42. The number of carbonyl (C=O) groups is 2. The second kappa shape index (κ2) is 7.70. The molecule has 2 N–H and O–H groups in total. The van der Waals surface area contributed by atoms with Crippen LogP contribution >= 0.6 is 0 Å². The van der Waals surface area contributed by atoms with Crippen molar-refractivity contribution in [2.45, 2.75) is 32.4 Å². The Labute approximate surface area is 152 Å². The number of likely N-dealkylation sites (tertiary alicyclic amines) is 1. The molecule has 0 unspecified atom stereocenters. The molecular weight excluding hydrogens is 332 g/mol. The molecule has 1 aromatic heterocycles. The molecule has 0 saturated carbocycles. The van der Waals surface area contributed by atoms with Crippen molar-refractivity contribution in [2.24, 2.45) is 5.73 Å². The first kappa shape index (κ1) is 18.1. The van der Waals surface area contributed by atoms with E-state index in [1.165, 1.54) is 4.90 Å². The van der Waals surface area contributed by atoms with Crippen LogP contribution in [0.4, 0.5) is 0 Å². The average Bonchev–Trinajstić information content (AvgIpc) is 3.30. The van der Waals surface area contributed by atoms with Crippen LogP contribution in [0.3, 0.4) is 0 Å². The molecule has 2 amide bonds. The van der Waals surface area contributed by atoms with Gasteiger partial charge in [-0.2, -0.15) is 0 Å². The SMILES string of the molecule is CCN(CC)C(=O)[C@@H]1C[C@H](N)CN1C(=O)c1cc(-c2ccccc2)no1. The van der Waals surface area contributed by atoms with Gasteiger partial charge in [-0.15, -0.1) is 0 Å². The highest BCUT2D eigenvalue weighted by molar-refractivity contribution is 5.96. The Kier molecular flexibility index (Phi) is 5.37. The maximum atomic E-state index is 12.9. The minimum Gasteiger partial charge on any atom is -0.350 e. The van der Waals surface area contributed by atoms with E-state index in [0.29, 0.717) is 31.7 Å². The first-order valence-corrected chi connectivity index (χ1v) is 8.92. The molecule has 0 aliphatic carbocycles. The molecule has 1 saturated heterocycles. The van der Waals surface area contributed by atoms with Gasteiger partial charge in [-0.25, -0.2) is 0 Å². The summed E-state index contributed by atoms with van der Waals surface area (Å²) in [7, 11) is 0. The van der Waals surface area contributed by atoms with Gasteiger partial charge < -0.3 is 20.1 Å². The van der Waals surface area contributed by atoms with Crippen LogP contribution in [0, 0.1) is 0 Å². The molecule has 1 aliphatic rings. The van der Waals surface area contributed by atoms with E-state index < -0.39 is 6.04 Å². The molecule has 0 bridgehead atoms. The van der Waals surface area contributed by atoms with E-state index in [9.17, 15) is 9.59 Å². The molecule has 1 fully saturated rings. The number of hydrogen-bond donors (Lipinski definition) is 1. The fourth-order valence-corrected chi connectivity index (χ4v) is 3.34. The quantitative estimate of drug-likeness (QED) is 0.881. The Balaban J connectivity index is 1.82. The molecule has 7 heteroatoms. The number of likely N-dealkylation sites (N-methyl/N-ethyl adjacent to an activating group) is 1. The molecular formula is C19H24N4O3. The molecule has 1 aliphatic heterocycles. The summed E-state index contributed by atoms with van der Waals surface area (Å²) in [5.41, 5.74) is 7.49. The summed E-state index contributed by atoms with van der Waals surface area (Å²) in [4.78, 5) is 28.9. The van der Waals surface area contributed by atoms with Crippen LogP contribution in [0.2, 0.25) is 0 Å². The van der Waals surface area contributed by atoms with Crippen LogP contribution in [-0.2, 0) is 4.79 Å². The zero-order valence-corrected chi connectivity index (χ0v) is 15.1. The minimum atomic E-state index is -0.553. The van der Waals surface area contributed by atoms with E-state index in [-0.39, 0.29) is 23.6 Å². The lowest BCUT2D eigenvalue weighted by Gasteiger charge is -2.28. The molecule has 3 rings (SSSR count). The maximum absolute atomic E-state index is 12.9. The van der Waals surface area contributed by atoms with Gasteiger partial charge in [0.2, 0.25) is 11.7 Å². The third kappa shape index (κ3) is 3.48. The van der Waals surface area contributed by atoms with Gasteiger partial charge in [0.05, 0.1) is 0 Å². The molecule has 2 aromatic rings. The summed E-state index contributed by atoms with van der Waals surface area (Å²) in [5, 5.41) is 3.99. The van der Waals surface area contributed by atoms with E-state index in [4.69, 9.17) is 10.3 Å². The lowest BCUT2D eigenvalue weighted by atomic mass is 10.1. The summed E-state index contributed by atoms with van der Waals surface area (Å²) in [5.74, 6) is -0.299. The van der Waals surface area contributed by atoms with Crippen LogP contribution in [0.5, 0.6) is 0 Å². The number of nitrogens with two attached hydrogens (primary N) is 1. The predicted octanol–water partition coefficient (Wildman–Crippen LogP) is 1.75. The zero-order valence-electron chi connectivity index (χ0n) is 15.1. The van der Waals surface area contributed by atoms with Gasteiger partial charge in [-0.05, 0) is 20.3 Å². The molecule has 2 heterocycles. The second-order valence-corrected chi connectivity index (χ2v) is 6.42. The first-order valence-electron chi connectivity index (χ1n) is 8.92. The molecule has 7 nitrogen and oxygen atoms in total. The lowest BCUT2D eigenvalue weighted by Crippen LogP contribution is -2.47. The topological polar surface area (TPSA) is 92.7 Å². The number of aromatic nitrogens is 1. The van der Waals surface area contributed by atoms with E-state index in [2.05, 4.69) is 5.16 Å². The van der Waals surface area contributed by atoms with Gasteiger partial charge in [0.25, 0.3) is 5.91 Å². The number of rotatable bonds is 5. The van der Waals surface area contributed by atoms with Crippen molar-refractivity contribution in [3.8, 4) is 11.3 Å². The Morgan fingerprint density at radius 3 is 2.62 bits per heavy atom. The normalized spacial score (nSPS) is 19.6. The largest absolute Gasteiger partial charge is 0.350 e. The predicted molar refractivity (Wildman–Crippen MR) is 97.3 cm³/mol. The van der Waals surface area contributed by atoms with Crippen molar-refractivity contribution in [2.75, 3.05) is 19.6 Å². The summed E-state index contributed by atoms with van der Waals surface area (Å²) >= 11 is 0. The van der Waals surface area contributed by atoms with Crippen molar-refractivity contribution in [1.29, 1.82) is 0 Å². The molecule has 1 aromatic carbocycles. The maximum Gasteiger partial charge on any atom is 0.293 e. The number of carbonyl (C=O) groups excluding carboxylic acids is 2. The number of amides is 2. The number of hydrogen-bond acceptors (Lipinski definition) is 5. The van der Waals surface area contributed by atoms with Crippen LogP contribution in [0.1, 0.15) is 30.8 Å². The van der Waals surface area contributed by atoms with Crippen LogP contribution in [0.25, 0.3) is 11.3 Å². The zero-order chi connectivity index (χ0) is 18.7. The standard InChI is InChI=1S/C19H24N4O3/c1-3-22(4-2)18(24)16-10-14(20)12-23(16)19(25)17-11-15(21-26-17)13-8-6-5-7-9-13/h5-9,11,14,16H,3-4,10,12,20H2,1-2H3/t14-,16-/m0/s1. The first-order chi connectivity index (χ1) is 12.5. The van der Waals surface area contributed by atoms with Crippen molar-refractivity contribution in [1.82, 2.24) is 15.0 Å². The van der Waals surface area contributed by atoms with Gasteiger partial charge in [0.1, 0.15) is 11.7 Å². The van der Waals surface area contributed by atoms with E-state index in [1.807, 2.05) is 44.2 Å². The summed E-state index contributed by atoms with van der Waals surface area (Å²) in [6, 6.07) is 10.3. The van der Waals surface area contributed by atoms with Crippen LogP contribution in [0.15, 0.2) is 40.9 Å². The monoisotopic (exact) mass is 356 g/mol. The molecule has 2 atom stereocenters. The molecule has 0 radical (unpaired) electrons. The van der Waals surface area contributed by atoms with E-state index >= 15 is 0 Å². The summed E-state index contributed by atoms with van der Waals surface area (Å²) < 4.78 is 5.26. The van der Waals surface area contributed by atoms with Gasteiger partial charge >= 0.3 is 0 Å². The van der Waals surface area contributed by atoms with Gasteiger partial charge in [0, 0.05) is 37.3 Å². The Morgan fingerprint density at radius 2 is 1.96 bits per heavy atom. The molecule has 26 heavy (non-hydrogen) atoms. The summed E-state index contributed by atoms with van der Waals surface area (Å²) in [6.45, 7) is 5.38. The van der Waals surface area contributed by atoms with Crippen molar-refractivity contribution >= 4 is 11.8 Å². The summed E-state index contributed by atoms with van der Waals surface area (Å²) in [6.07, 6.45) is 0.459. The third-order valence-corrected chi connectivity index (χ3v) is 4.74. The highest BCUT2D eigenvalue weighted by Crippen LogP contribution is 2.24. The number of nitrogens with zero attached hydrogens (tertiary/aromatic N) is 3. The van der Waals surface area contributed by atoms with Crippen molar-refractivity contribution in [3.63, 3.8) is 0 Å². The average molecular weight is 356 g/mol. The molecule has 138 valence electrons. The fourth-order valence-electron chi connectivity index (χ4n) is 3.34. The van der Waals surface area contributed by atoms with Gasteiger partial charge in [0.15, 0.2) is 0 Å². The van der Waals surface area contributed by atoms with Gasteiger partial charge in [-0.3, -0.25) is 9.59 Å². The highest BCUT2D eigenvalue weighted by Gasteiger charge is 2.41. The Morgan fingerprint density at radius 1 is 1.27 bits per heavy atom. The fraction of sp³-hybridized carbons (Fsp3) is 0.421. The Bertz CT molecular complexity index is 770. The van der Waals surface area contributed by atoms with E-state index in [1.54, 1.807) is 11.0 Å². The van der Waals surface area contributed by atoms with Gasteiger partial charge in [-0.1, -0.05) is 35.5 Å². The highest BCUT2D eigenvalue weighted by atomic mass is 16.5. The smallest absolute Gasteiger partial charge is 0.293 e. The van der Waals surface area contributed by atoms with E-state index in [0.717, 1.165) is 5.56 Å². The van der Waals surface area contributed by atoms with Crippen LogP contribution in [-0.4, -0.2) is 58.5 Å².